The monoisotopic (exact) mass is 432 g/mol. The highest BCUT2D eigenvalue weighted by atomic mass is 16.5. The first kappa shape index (κ1) is 22.9. The number of amides is 2. The van der Waals surface area contributed by atoms with Crippen LogP contribution in [0.15, 0.2) is 18.2 Å². The van der Waals surface area contributed by atoms with Crippen LogP contribution in [0.1, 0.15) is 55.8 Å². The first-order chi connectivity index (χ1) is 14.9. The summed E-state index contributed by atoms with van der Waals surface area (Å²) >= 11 is 0. The Morgan fingerprint density at radius 2 is 1.61 bits per heavy atom. The number of methoxy groups -OCH3 is 2. The second kappa shape index (κ2) is 10.0. The second-order valence-corrected chi connectivity index (χ2v) is 8.17. The quantitative estimate of drug-likeness (QED) is 0.666. The summed E-state index contributed by atoms with van der Waals surface area (Å²) in [7, 11) is 3.08. The highest BCUT2D eigenvalue weighted by Gasteiger charge is 2.45. The van der Waals surface area contributed by atoms with E-state index in [1.54, 1.807) is 44.2 Å². The van der Waals surface area contributed by atoms with Crippen molar-refractivity contribution in [3.63, 3.8) is 0 Å². The summed E-state index contributed by atoms with van der Waals surface area (Å²) in [5.74, 6) is 0.312. The Bertz CT molecular complexity index is 788. The number of benzene rings is 1. The van der Waals surface area contributed by atoms with Gasteiger partial charge in [0.25, 0.3) is 5.91 Å². The van der Waals surface area contributed by atoms with Crippen molar-refractivity contribution < 1.29 is 28.6 Å². The highest BCUT2D eigenvalue weighted by molar-refractivity contribution is 5.95. The molecule has 8 nitrogen and oxygen atoms in total. The van der Waals surface area contributed by atoms with Gasteiger partial charge in [-0.1, -0.05) is 12.8 Å². The molecule has 3 rings (SSSR count). The van der Waals surface area contributed by atoms with Crippen LogP contribution in [-0.2, 0) is 14.3 Å². The van der Waals surface area contributed by atoms with Crippen LogP contribution in [0.5, 0.6) is 11.5 Å². The van der Waals surface area contributed by atoms with Crippen molar-refractivity contribution in [1.29, 1.82) is 0 Å². The van der Waals surface area contributed by atoms with Crippen molar-refractivity contribution in [3.05, 3.63) is 23.8 Å². The molecule has 0 radical (unpaired) electrons. The van der Waals surface area contributed by atoms with E-state index in [0.717, 1.165) is 12.8 Å². The maximum absolute atomic E-state index is 13.0. The van der Waals surface area contributed by atoms with Crippen molar-refractivity contribution in [2.75, 3.05) is 33.9 Å². The Morgan fingerprint density at radius 1 is 1.03 bits per heavy atom. The van der Waals surface area contributed by atoms with E-state index in [1.807, 2.05) is 0 Å². The lowest BCUT2D eigenvalue weighted by molar-refractivity contribution is -0.153. The molecule has 2 fully saturated rings. The molecule has 1 aliphatic heterocycles. The summed E-state index contributed by atoms with van der Waals surface area (Å²) in [5, 5.41) is 3.00. The topological polar surface area (TPSA) is 94.2 Å². The van der Waals surface area contributed by atoms with Crippen molar-refractivity contribution in [1.82, 2.24) is 10.2 Å². The molecule has 0 bridgehead atoms. The Labute approximate surface area is 183 Å². The fourth-order valence-electron chi connectivity index (χ4n) is 4.42. The van der Waals surface area contributed by atoms with E-state index >= 15 is 0 Å². The van der Waals surface area contributed by atoms with Gasteiger partial charge in [-0.25, -0.2) is 4.79 Å². The van der Waals surface area contributed by atoms with Crippen LogP contribution in [-0.4, -0.2) is 62.1 Å². The van der Waals surface area contributed by atoms with Gasteiger partial charge in [0.2, 0.25) is 5.91 Å². The number of carbonyl (C=O) groups excluding carboxylic acids is 3. The first-order valence-electron chi connectivity index (χ1n) is 10.9. The average Bonchev–Trinajstić information content (AvgIpc) is 3.28. The third kappa shape index (κ3) is 5.11. The van der Waals surface area contributed by atoms with Crippen LogP contribution in [0.25, 0.3) is 0 Å². The standard InChI is InChI=1S/C23H32N2O6/c1-4-31-22(28)23(9-5-6-10-23)24-20(26)16-7-11-25(12-8-16)21(27)17-13-18(29-2)15-19(14-17)30-3/h13-16H,4-12H2,1-3H3,(H,24,26). The fourth-order valence-corrected chi connectivity index (χ4v) is 4.42. The number of esters is 1. The van der Waals surface area contributed by atoms with Crippen molar-refractivity contribution in [2.45, 2.75) is 51.0 Å². The van der Waals surface area contributed by atoms with Gasteiger partial charge in [-0.05, 0) is 44.7 Å². The van der Waals surface area contributed by atoms with E-state index in [4.69, 9.17) is 14.2 Å². The summed E-state index contributed by atoms with van der Waals surface area (Å²) in [6, 6.07) is 5.09. The molecule has 0 atom stereocenters. The molecule has 1 saturated carbocycles. The smallest absolute Gasteiger partial charge is 0.331 e. The normalized spacial score (nSPS) is 18.4. The number of hydrogen-bond acceptors (Lipinski definition) is 6. The largest absolute Gasteiger partial charge is 0.497 e. The number of hydrogen-bond donors (Lipinski definition) is 1. The van der Waals surface area contributed by atoms with Gasteiger partial charge in [0, 0.05) is 30.6 Å². The van der Waals surface area contributed by atoms with E-state index in [-0.39, 0.29) is 23.7 Å². The number of ether oxygens (including phenoxy) is 3. The maximum atomic E-state index is 13.0. The average molecular weight is 433 g/mol. The Hall–Kier alpha value is -2.77. The number of nitrogens with zero attached hydrogens (tertiary/aromatic N) is 1. The van der Waals surface area contributed by atoms with E-state index < -0.39 is 5.54 Å². The van der Waals surface area contributed by atoms with E-state index in [2.05, 4.69) is 5.32 Å². The molecule has 0 spiro atoms. The minimum atomic E-state index is -0.892. The highest BCUT2D eigenvalue weighted by Crippen LogP contribution is 2.32. The van der Waals surface area contributed by atoms with Crippen LogP contribution >= 0.6 is 0 Å². The molecule has 2 aliphatic rings. The molecule has 1 saturated heterocycles. The molecule has 1 aromatic rings. The van der Waals surface area contributed by atoms with Gasteiger partial charge in [0.1, 0.15) is 17.0 Å². The summed E-state index contributed by atoms with van der Waals surface area (Å²) in [4.78, 5) is 40.1. The Balaban J connectivity index is 1.60. The molecule has 1 heterocycles. The zero-order valence-corrected chi connectivity index (χ0v) is 18.6. The van der Waals surface area contributed by atoms with Crippen molar-refractivity contribution >= 4 is 17.8 Å². The third-order valence-electron chi connectivity index (χ3n) is 6.24. The molecule has 2 amide bonds. The number of carbonyl (C=O) groups is 3. The number of likely N-dealkylation sites (tertiary alicyclic amines) is 1. The zero-order chi connectivity index (χ0) is 22.4. The number of rotatable bonds is 7. The van der Waals surface area contributed by atoms with Gasteiger partial charge in [-0.15, -0.1) is 0 Å². The Kier molecular flexibility index (Phi) is 7.41. The van der Waals surface area contributed by atoms with Crippen LogP contribution in [0.3, 0.4) is 0 Å². The van der Waals surface area contributed by atoms with Crippen molar-refractivity contribution in [2.24, 2.45) is 5.92 Å². The lowest BCUT2D eigenvalue weighted by Crippen LogP contribution is -2.56. The lowest BCUT2D eigenvalue weighted by atomic mass is 9.91. The van der Waals surface area contributed by atoms with Gasteiger partial charge in [-0.3, -0.25) is 9.59 Å². The SMILES string of the molecule is CCOC(=O)C1(NC(=O)C2CCN(C(=O)c3cc(OC)cc(OC)c3)CC2)CCCC1. The van der Waals surface area contributed by atoms with E-state index in [1.165, 1.54) is 0 Å². The minimum absolute atomic E-state index is 0.116. The molecule has 0 aromatic heterocycles. The van der Waals surface area contributed by atoms with Gasteiger partial charge >= 0.3 is 5.97 Å². The summed E-state index contributed by atoms with van der Waals surface area (Å²) in [5.41, 5.74) is -0.400. The van der Waals surface area contributed by atoms with E-state index in [9.17, 15) is 14.4 Å². The predicted octanol–water partition coefficient (Wildman–Crippen LogP) is 2.55. The summed E-state index contributed by atoms with van der Waals surface area (Å²) in [6.45, 7) is 3.02. The minimum Gasteiger partial charge on any atom is -0.497 e. The third-order valence-corrected chi connectivity index (χ3v) is 6.24. The van der Waals surface area contributed by atoms with Gasteiger partial charge in [-0.2, -0.15) is 0 Å². The van der Waals surface area contributed by atoms with Crippen LogP contribution in [0.4, 0.5) is 0 Å². The molecule has 170 valence electrons. The fraction of sp³-hybridized carbons (Fsp3) is 0.609. The lowest BCUT2D eigenvalue weighted by Gasteiger charge is -2.34. The molecule has 1 aliphatic carbocycles. The summed E-state index contributed by atoms with van der Waals surface area (Å²) < 4.78 is 15.7. The van der Waals surface area contributed by atoms with E-state index in [0.29, 0.717) is 62.4 Å². The zero-order valence-electron chi connectivity index (χ0n) is 18.6. The number of nitrogens with one attached hydrogen (secondary N) is 1. The Morgan fingerprint density at radius 3 is 2.13 bits per heavy atom. The predicted molar refractivity (Wildman–Crippen MR) is 114 cm³/mol. The molecule has 0 unspecified atom stereocenters. The van der Waals surface area contributed by atoms with Gasteiger partial charge in [0.15, 0.2) is 0 Å². The van der Waals surface area contributed by atoms with Crippen LogP contribution in [0.2, 0.25) is 0 Å². The second-order valence-electron chi connectivity index (χ2n) is 8.17. The molecular formula is C23H32N2O6. The molecule has 31 heavy (non-hydrogen) atoms. The molecule has 1 aromatic carbocycles. The van der Waals surface area contributed by atoms with Crippen molar-refractivity contribution in [3.8, 4) is 11.5 Å². The van der Waals surface area contributed by atoms with Gasteiger partial charge < -0.3 is 24.4 Å². The summed E-state index contributed by atoms with van der Waals surface area (Å²) in [6.07, 6.45) is 4.14. The molecule has 1 N–H and O–H groups in total. The first-order valence-corrected chi connectivity index (χ1v) is 10.9. The van der Waals surface area contributed by atoms with Crippen LogP contribution < -0.4 is 14.8 Å². The van der Waals surface area contributed by atoms with Crippen LogP contribution in [0, 0.1) is 5.92 Å². The number of piperidine rings is 1. The molecular weight excluding hydrogens is 400 g/mol. The van der Waals surface area contributed by atoms with Gasteiger partial charge in [0.05, 0.1) is 20.8 Å². The maximum Gasteiger partial charge on any atom is 0.331 e. The molecule has 8 heteroatoms.